The Kier molecular flexibility index (Phi) is 4.31. The molecule has 0 aromatic carbocycles. The van der Waals surface area contributed by atoms with Crippen molar-refractivity contribution in [3.05, 3.63) is 23.9 Å². The molecule has 1 amide bonds. The maximum absolute atomic E-state index is 10.7. The molecule has 94 valence electrons. The summed E-state index contributed by atoms with van der Waals surface area (Å²) in [4.78, 5) is 14.8. The molecule has 0 bridgehead atoms. The molecule has 0 spiro atoms. The Morgan fingerprint density at radius 3 is 2.65 bits per heavy atom. The number of pyridine rings is 1. The highest BCUT2D eigenvalue weighted by molar-refractivity contribution is 5.65. The number of carbonyl (C=O) groups excluding carboxylic acids is 1. The summed E-state index contributed by atoms with van der Waals surface area (Å²) in [5.74, 6) is 0.585. The molecule has 0 saturated heterocycles. The number of aromatic nitrogens is 1. The number of hydrogen-bond acceptors (Lipinski definition) is 4. The molecule has 0 atom stereocenters. The van der Waals surface area contributed by atoms with E-state index in [1.165, 1.54) is 0 Å². The van der Waals surface area contributed by atoms with Gasteiger partial charge in [-0.15, -0.1) is 0 Å². The normalized spacial score (nSPS) is 11.0. The van der Waals surface area contributed by atoms with Gasteiger partial charge in [0.15, 0.2) is 0 Å². The van der Waals surface area contributed by atoms with Gasteiger partial charge in [-0.1, -0.05) is 6.07 Å². The van der Waals surface area contributed by atoms with Crippen LogP contribution in [0.4, 0.5) is 4.79 Å². The predicted molar refractivity (Wildman–Crippen MR) is 63.9 cm³/mol. The molecular formula is C12H18N2O3. The molecule has 17 heavy (non-hydrogen) atoms. The number of nitrogens with two attached hydrogens (primary N) is 1. The number of hydrogen-bond donors (Lipinski definition) is 1. The van der Waals surface area contributed by atoms with Gasteiger partial charge in [0.05, 0.1) is 7.11 Å². The van der Waals surface area contributed by atoms with E-state index in [4.69, 9.17) is 15.2 Å². The third kappa shape index (κ3) is 4.72. The van der Waals surface area contributed by atoms with Crippen molar-refractivity contribution in [3.63, 3.8) is 0 Å². The van der Waals surface area contributed by atoms with Crippen LogP contribution in [-0.4, -0.2) is 23.8 Å². The third-order valence-electron chi connectivity index (χ3n) is 2.40. The molecule has 0 saturated carbocycles. The van der Waals surface area contributed by atoms with Gasteiger partial charge in [0.1, 0.15) is 5.60 Å². The van der Waals surface area contributed by atoms with Gasteiger partial charge in [0.25, 0.3) is 0 Å². The summed E-state index contributed by atoms with van der Waals surface area (Å²) in [5.41, 5.74) is 5.49. The van der Waals surface area contributed by atoms with Crippen LogP contribution in [0.3, 0.4) is 0 Å². The molecular weight excluding hydrogens is 220 g/mol. The van der Waals surface area contributed by atoms with E-state index in [0.29, 0.717) is 12.3 Å². The fourth-order valence-electron chi connectivity index (χ4n) is 1.45. The molecule has 1 heterocycles. The zero-order valence-corrected chi connectivity index (χ0v) is 10.4. The molecule has 5 heteroatoms. The van der Waals surface area contributed by atoms with E-state index in [1.807, 2.05) is 19.9 Å². The van der Waals surface area contributed by atoms with Crippen LogP contribution in [0.1, 0.15) is 25.8 Å². The Balaban J connectivity index is 2.51. The van der Waals surface area contributed by atoms with E-state index in [-0.39, 0.29) is 0 Å². The number of ether oxygens (including phenoxy) is 2. The molecule has 0 fully saturated rings. The summed E-state index contributed by atoms with van der Waals surface area (Å²) in [6.45, 7) is 3.66. The predicted octanol–water partition coefficient (Wildman–Crippen LogP) is 1.90. The molecule has 1 aromatic rings. The number of aryl methyl sites for hydroxylation is 1. The topological polar surface area (TPSA) is 74.4 Å². The summed E-state index contributed by atoms with van der Waals surface area (Å²) >= 11 is 0. The van der Waals surface area contributed by atoms with Crippen molar-refractivity contribution in [2.24, 2.45) is 5.73 Å². The molecule has 5 nitrogen and oxygen atoms in total. The van der Waals surface area contributed by atoms with Gasteiger partial charge in [-0.05, 0) is 32.3 Å². The second kappa shape index (κ2) is 5.52. The summed E-state index contributed by atoms with van der Waals surface area (Å²) in [5, 5.41) is 0. The van der Waals surface area contributed by atoms with Crippen LogP contribution in [0, 0.1) is 0 Å². The zero-order chi connectivity index (χ0) is 12.9. The van der Waals surface area contributed by atoms with Gasteiger partial charge in [0, 0.05) is 12.3 Å². The van der Waals surface area contributed by atoms with E-state index >= 15 is 0 Å². The lowest BCUT2D eigenvalue weighted by Gasteiger charge is -2.23. The summed E-state index contributed by atoms with van der Waals surface area (Å²) in [6.07, 6.45) is 2.45. The Hall–Kier alpha value is -1.78. The molecule has 0 aliphatic rings. The summed E-state index contributed by atoms with van der Waals surface area (Å²) < 4.78 is 9.97. The Bertz CT molecular complexity index is 374. The Morgan fingerprint density at radius 2 is 2.18 bits per heavy atom. The number of carbonyl (C=O) groups is 1. The van der Waals surface area contributed by atoms with Crippen LogP contribution in [0.5, 0.6) is 5.88 Å². The molecule has 1 rings (SSSR count). The number of amides is 1. The quantitative estimate of drug-likeness (QED) is 0.850. The van der Waals surface area contributed by atoms with E-state index in [2.05, 4.69) is 4.98 Å². The minimum Gasteiger partial charge on any atom is -0.481 e. The lowest BCUT2D eigenvalue weighted by molar-refractivity contribution is 0.0394. The molecule has 1 aromatic heterocycles. The maximum Gasteiger partial charge on any atom is 0.405 e. The van der Waals surface area contributed by atoms with Gasteiger partial charge in [0.2, 0.25) is 5.88 Å². The third-order valence-corrected chi connectivity index (χ3v) is 2.40. The highest BCUT2D eigenvalue weighted by Gasteiger charge is 2.21. The van der Waals surface area contributed by atoms with Crippen LogP contribution in [0.25, 0.3) is 0 Å². The molecule has 0 aliphatic heterocycles. The van der Waals surface area contributed by atoms with Crippen molar-refractivity contribution in [2.75, 3.05) is 7.11 Å². The monoisotopic (exact) mass is 238 g/mol. The lowest BCUT2D eigenvalue weighted by atomic mass is 9.99. The first-order chi connectivity index (χ1) is 7.93. The standard InChI is InChI=1S/C12H18N2O3/c1-12(2,17-11(13)15)7-6-9-4-5-10(16-3)14-8-9/h4-5,8H,6-7H2,1-3H3,(H2,13,15). The first-order valence-corrected chi connectivity index (χ1v) is 5.40. The number of primary amides is 1. The van der Waals surface area contributed by atoms with Crippen molar-refractivity contribution in [2.45, 2.75) is 32.3 Å². The van der Waals surface area contributed by atoms with Crippen LogP contribution in [0.15, 0.2) is 18.3 Å². The first-order valence-electron chi connectivity index (χ1n) is 5.40. The number of methoxy groups -OCH3 is 1. The van der Waals surface area contributed by atoms with Crippen LogP contribution >= 0.6 is 0 Å². The Labute approximate surface area is 101 Å². The van der Waals surface area contributed by atoms with Crippen LogP contribution < -0.4 is 10.5 Å². The van der Waals surface area contributed by atoms with Crippen LogP contribution in [-0.2, 0) is 11.2 Å². The van der Waals surface area contributed by atoms with Gasteiger partial charge in [-0.2, -0.15) is 0 Å². The number of nitrogens with zero attached hydrogens (tertiary/aromatic N) is 1. The SMILES string of the molecule is COc1ccc(CCC(C)(C)OC(N)=O)cn1. The second-order valence-electron chi connectivity index (χ2n) is 4.39. The molecule has 0 aliphatic carbocycles. The lowest BCUT2D eigenvalue weighted by Crippen LogP contribution is -2.31. The van der Waals surface area contributed by atoms with E-state index in [1.54, 1.807) is 19.4 Å². The van der Waals surface area contributed by atoms with Crippen molar-refractivity contribution in [1.29, 1.82) is 0 Å². The van der Waals surface area contributed by atoms with Crippen molar-refractivity contribution in [1.82, 2.24) is 4.98 Å². The van der Waals surface area contributed by atoms with Crippen molar-refractivity contribution < 1.29 is 14.3 Å². The average Bonchev–Trinajstić information content (AvgIpc) is 2.25. The second-order valence-corrected chi connectivity index (χ2v) is 4.39. The van der Waals surface area contributed by atoms with E-state index in [0.717, 1.165) is 12.0 Å². The average molecular weight is 238 g/mol. The first kappa shape index (κ1) is 13.3. The van der Waals surface area contributed by atoms with Gasteiger partial charge in [-0.3, -0.25) is 0 Å². The number of rotatable bonds is 5. The fraction of sp³-hybridized carbons (Fsp3) is 0.500. The highest BCUT2D eigenvalue weighted by Crippen LogP contribution is 2.18. The minimum atomic E-state index is -0.747. The van der Waals surface area contributed by atoms with Crippen LogP contribution in [0.2, 0.25) is 0 Å². The highest BCUT2D eigenvalue weighted by atomic mass is 16.6. The summed E-state index contributed by atoms with van der Waals surface area (Å²) in [6, 6.07) is 3.74. The van der Waals surface area contributed by atoms with Gasteiger partial charge >= 0.3 is 6.09 Å². The molecule has 0 radical (unpaired) electrons. The zero-order valence-electron chi connectivity index (χ0n) is 10.4. The molecule has 0 unspecified atom stereocenters. The van der Waals surface area contributed by atoms with E-state index in [9.17, 15) is 4.79 Å². The van der Waals surface area contributed by atoms with Crippen molar-refractivity contribution in [3.8, 4) is 5.88 Å². The minimum absolute atomic E-state index is 0.564. The summed E-state index contributed by atoms with van der Waals surface area (Å²) in [7, 11) is 1.58. The van der Waals surface area contributed by atoms with Crippen molar-refractivity contribution >= 4 is 6.09 Å². The fourth-order valence-corrected chi connectivity index (χ4v) is 1.45. The molecule has 2 N–H and O–H groups in total. The van der Waals surface area contributed by atoms with Gasteiger partial charge < -0.3 is 15.2 Å². The van der Waals surface area contributed by atoms with E-state index < -0.39 is 11.7 Å². The Morgan fingerprint density at radius 1 is 1.47 bits per heavy atom. The maximum atomic E-state index is 10.7. The largest absolute Gasteiger partial charge is 0.481 e. The smallest absolute Gasteiger partial charge is 0.405 e. The van der Waals surface area contributed by atoms with Gasteiger partial charge in [-0.25, -0.2) is 9.78 Å².